The Kier molecular flexibility index (Phi) is 52.4. The van der Waals surface area contributed by atoms with Crippen LogP contribution >= 0.6 is 0 Å². The van der Waals surface area contributed by atoms with E-state index < -0.39 is 6.10 Å². The predicted octanol–water partition coefficient (Wildman–Crippen LogP) is 18.7. The summed E-state index contributed by atoms with van der Waals surface area (Å²) in [5.74, 6) is -1.000. The summed E-state index contributed by atoms with van der Waals surface area (Å²) in [6, 6.07) is 0. The molecule has 1 atom stereocenters. The number of allylic oxidation sites excluding steroid dienone is 18. The Morgan fingerprint density at radius 1 is 0.309 bits per heavy atom. The van der Waals surface area contributed by atoms with Crippen molar-refractivity contribution >= 4 is 17.9 Å². The Morgan fingerprint density at radius 3 is 0.985 bits per heavy atom. The van der Waals surface area contributed by atoms with Gasteiger partial charge in [-0.3, -0.25) is 14.4 Å². The molecule has 0 heterocycles. The summed E-state index contributed by atoms with van der Waals surface area (Å²) in [4.78, 5) is 38.0. The first-order valence-electron chi connectivity index (χ1n) is 27.9. The molecular formula is C62H102O6. The van der Waals surface area contributed by atoms with Gasteiger partial charge in [-0.1, -0.05) is 246 Å². The Bertz CT molecular complexity index is 1410. The molecule has 6 nitrogen and oxygen atoms in total. The van der Waals surface area contributed by atoms with Crippen molar-refractivity contribution in [2.45, 2.75) is 252 Å². The number of esters is 3. The van der Waals surface area contributed by atoms with E-state index in [4.69, 9.17) is 14.2 Å². The van der Waals surface area contributed by atoms with Gasteiger partial charge in [-0.2, -0.15) is 0 Å². The van der Waals surface area contributed by atoms with E-state index in [1.807, 2.05) is 6.08 Å². The second kappa shape index (κ2) is 55.7. The van der Waals surface area contributed by atoms with Gasteiger partial charge in [0.05, 0.1) is 0 Å². The van der Waals surface area contributed by atoms with Crippen LogP contribution in [0.5, 0.6) is 0 Å². The fourth-order valence-electron chi connectivity index (χ4n) is 7.42. The SMILES string of the molecule is CC/C=C\C/C=C\C/C=C\C/C=C\C/C=C\CCCCCCCCCC(=O)OCC(COC(=O)CC/C=C\C/C=C\C/C=C\C/C=C\CC)OC(=O)CCCCCCCCCCCCCCCC. The van der Waals surface area contributed by atoms with E-state index in [1.165, 1.54) is 96.3 Å². The molecule has 0 bridgehead atoms. The fraction of sp³-hybridized carbons (Fsp3) is 0.661. The zero-order chi connectivity index (χ0) is 49.3. The summed E-state index contributed by atoms with van der Waals surface area (Å²) in [7, 11) is 0. The quantitative estimate of drug-likeness (QED) is 0.0262. The third-order valence-corrected chi connectivity index (χ3v) is 11.5. The normalized spacial score (nSPS) is 12.9. The average molecular weight is 943 g/mol. The molecule has 0 aromatic heterocycles. The van der Waals surface area contributed by atoms with Crippen molar-refractivity contribution in [3.05, 3.63) is 109 Å². The molecule has 0 aromatic rings. The molecule has 0 spiro atoms. The van der Waals surface area contributed by atoms with E-state index in [-0.39, 0.29) is 37.5 Å². The Morgan fingerprint density at radius 2 is 0.603 bits per heavy atom. The molecule has 6 heteroatoms. The van der Waals surface area contributed by atoms with Gasteiger partial charge >= 0.3 is 17.9 Å². The number of rotatable bonds is 49. The van der Waals surface area contributed by atoms with Crippen LogP contribution in [0.3, 0.4) is 0 Å². The fourth-order valence-corrected chi connectivity index (χ4v) is 7.42. The first kappa shape index (κ1) is 64.1. The molecule has 0 rings (SSSR count). The van der Waals surface area contributed by atoms with Gasteiger partial charge < -0.3 is 14.2 Å². The lowest BCUT2D eigenvalue weighted by Crippen LogP contribution is -2.30. The van der Waals surface area contributed by atoms with Gasteiger partial charge in [0.25, 0.3) is 0 Å². The maximum absolute atomic E-state index is 12.8. The maximum atomic E-state index is 12.8. The first-order valence-corrected chi connectivity index (χ1v) is 27.9. The van der Waals surface area contributed by atoms with E-state index in [1.54, 1.807) is 0 Å². The largest absolute Gasteiger partial charge is 0.462 e. The van der Waals surface area contributed by atoms with Crippen molar-refractivity contribution in [1.82, 2.24) is 0 Å². The molecule has 0 aromatic carbocycles. The van der Waals surface area contributed by atoms with Crippen molar-refractivity contribution in [2.24, 2.45) is 0 Å². The second-order valence-electron chi connectivity index (χ2n) is 18.1. The maximum Gasteiger partial charge on any atom is 0.306 e. The lowest BCUT2D eigenvalue weighted by Gasteiger charge is -2.18. The van der Waals surface area contributed by atoms with Gasteiger partial charge in [0.1, 0.15) is 13.2 Å². The van der Waals surface area contributed by atoms with Crippen LogP contribution in [-0.2, 0) is 28.6 Å². The van der Waals surface area contributed by atoms with Gasteiger partial charge in [0.15, 0.2) is 6.10 Å². The highest BCUT2D eigenvalue weighted by Crippen LogP contribution is 2.15. The minimum atomic E-state index is -0.811. The molecule has 0 radical (unpaired) electrons. The molecular weight excluding hydrogens is 841 g/mol. The van der Waals surface area contributed by atoms with Crippen LogP contribution in [0.2, 0.25) is 0 Å². The summed E-state index contributed by atoms with van der Waals surface area (Å²) in [5, 5.41) is 0. The van der Waals surface area contributed by atoms with Crippen molar-refractivity contribution in [3.63, 3.8) is 0 Å². The summed E-state index contributed by atoms with van der Waals surface area (Å²) >= 11 is 0. The molecule has 0 amide bonds. The van der Waals surface area contributed by atoms with Crippen molar-refractivity contribution in [3.8, 4) is 0 Å². The van der Waals surface area contributed by atoms with E-state index in [2.05, 4.69) is 124 Å². The molecule has 0 N–H and O–H groups in total. The monoisotopic (exact) mass is 943 g/mol. The highest BCUT2D eigenvalue weighted by molar-refractivity contribution is 5.71. The summed E-state index contributed by atoms with van der Waals surface area (Å²) in [6.07, 6.45) is 75.2. The van der Waals surface area contributed by atoms with Crippen LogP contribution in [0.1, 0.15) is 245 Å². The second-order valence-corrected chi connectivity index (χ2v) is 18.1. The summed E-state index contributed by atoms with van der Waals surface area (Å²) in [5.41, 5.74) is 0. The summed E-state index contributed by atoms with van der Waals surface area (Å²) < 4.78 is 16.8. The number of hydrogen-bond acceptors (Lipinski definition) is 6. The molecule has 1 unspecified atom stereocenters. The molecule has 386 valence electrons. The smallest absolute Gasteiger partial charge is 0.306 e. The van der Waals surface area contributed by atoms with Crippen LogP contribution in [-0.4, -0.2) is 37.2 Å². The van der Waals surface area contributed by atoms with E-state index in [0.29, 0.717) is 19.3 Å². The predicted molar refractivity (Wildman–Crippen MR) is 293 cm³/mol. The molecule has 0 aliphatic carbocycles. The standard InChI is InChI=1S/C62H102O6/c1-4-7-10-13-16-19-22-25-27-28-29-30-31-32-33-34-35-38-40-43-46-49-52-55-61(64)67-58-59(57-66-60(63)54-51-48-45-42-39-36-24-21-18-15-12-9-6-3)68-62(65)56-53-50-47-44-41-37-26-23-20-17-14-11-8-5-2/h7,9-10,12,16,18-19,21,25,27,29-30,32-33,36,39,45,48,59H,4-6,8,11,13-15,17,20,22-24,26,28,31,34-35,37-38,40-44,46-47,49-58H2,1-3H3/b10-7-,12-9-,19-16-,21-18-,27-25-,30-29-,33-32-,39-36-,48-45-. The zero-order valence-electron chi connectivity index (χ0n) is 44.1. The number of carbonyl (C=O) groups excluding carboxylic acids is 3. The Balaban J connectivity index is 4.42. The molecule has 0 aliphatic rings. The van der Waals surface area contributed by atoms with Crippen molar-refractivity contribution in [2.75, 3.05) is 13.2 Å². The van der Waals surface area contributed by atoms with Gasteiger partial charge in [-0.05, 0) is 89.9 Å². The lowest BCUT2D eigenvalue weighted by molar-refractivity contribution is -0.166. The van der Waals surface area contributed by atoms with E-state index in [9.17, 15) is 14.4 Å². The van der Waals surface area contributed by atoms with Crippen LogP contribution in [0.4, 0.5) is 0 Å². The average Bonchev–Trinajstić information content (AvgIpc) is 3.34. The molecule has 0 saturated heterocycles. The number of ether oxygens (including phenoxy) is 3. The van der Waals surface area contributed by atoms with Gasteiger partial charge in [0, 0.05) is 19.3 Å². The van der Waals surface area contributed by atoms with Gasteiger partial charge in [-0.25, -0.2) is 0 Å². The molecule has 0 fully saturated rings. The third-order valence-electron chi connectivity index (χ3n) is 11.5. The van der Waals surface area contributed by atoms with Crippen LogP contribution in [0.25, 0.3) is 0 Å². The molecule has 68 heavy (non-hydrogen) atoms. The minimum absolute atomic E-state index is 0.106. The Labute approximate surface area is 419 Å². The third kappa shape index (κ3) is 53.0. The van der Waals surface area contributed by atoms with Crippen LogP contribution in [0.15, 0.2) is 109 Å². The topological polar surface area (TPSA) is 78.9 Å². The highest BCUT2D eigenvalue weighted by Gasteiger charge is 2.19. The lowest BCUT2D eigenvalue weighted by atomic mass is 10.0. The minimum Gasteiger partial charge on any atom is -0.462 e. The number of hydrogen-bond donors (Lipinski definition) is 0. The number of unbranched alkanes of at least 4 members (excludes halogenated alkanes) is 20. The van der Waals surface area contributed by atoms with Crippen LogP contribution < -0.4 is 0 Å². The molecule has 0 aliphatic heterocycles. The first-order chi connectivity index (χ1) is 33.5. The van der Waals surface area contributed by atoms with Crippen LogP contribution in [0, 0.1) is 0 Å². The zero-order valence-corrected chi connectivity index (χ0v) is 44.1. The molecule has 0 saturated carbocycles. The van der Waals surface area contributed by atoms with Gasteiger partial charge in [0.2, 0.25) is 0 Å². The van der Waals surface area contributed by atoms with Crippen molar-refractivity contribution < 1.29 is 28.6 Å². The Hall–Kier alpha value is -3.93. The van der Waals surface area contributed by atoms with Gasteiger partial charge in [-0.15, -0.1) is 0 Å². The summed E-state index contributed by atoms with van der Waals surface area (Å²) in [6.45, 7) is 6.34. The van der Waals surface area contributed by atoms with Crippen molar-refractivity contribution in [1.29, 1.82) is 0 Å². The number of carbonyl (C=O) groups is 3. The van der Waals surface area contributed by atoms with E-state index in [0.717, 1.165) is 103 Å². The highest BCUT2D eigenvalue weighted by atomic mass is 16.6. The van der Waals surface area contributed by atoms with E-state index >= 15 is 0 Å².